The summed E-state index contributed by atoms with van der Waals surface area (Å²) in [6, 6.07) is 1.79. The molecule has 1 amide bonds. The molecule has 1 unspecified atom stereocenters. The maximum atomic E-state index is 11.7. The lowest BCUT2D eigenvalue weighted by atomic mass is 10.1. The quantitative estimate of drug-likeness (QED) is 0.754. The van der Waals surface area contributed by atoms with Crippen molar-refractivity contribution in [3.05, 3.63) is 12.3 Å². The van der Waals surface area contributed by atoms with Gasteiger partial charge < -0.3 is 19.7 Å². The summed E-state index contributed by atoms with van der Waals surface area (Å²) in [4.78, 5) is 13.8. The van der Waals surface area contributed by atoms with E-state index >= 15 is 0 Å². The zero-order chi connectivity index (χ0) is 15.1. The second-order valence-electron chi connectivity index (χ2n) is 5.56. The summed E-state index contributed by atoms with van der Waals surface area (Å²) >= 11 is 0. The van der Waals surface area contributed by atoms with Crippen LogP contribution >= 0.6 is 0 Å². The fourth-order valence-electron chi connectivity index (χ4n) is 2.07. The van der Waals surface area contributed by atoms with Gasteiger partial charge in [0, 0.05) is 31.3 Å². The number of aromatic nitrogens is 2. The largest absolute Gasteiger partial charge is 0.381 e. The number of carbonyl (C=O) groups excluding carboxylic acids is 1. The van der Waals surface area contributed by atoms with Gasteiger partial charge in [-0.1, -0.05) is 0 Å². The molecule has 1 aromatic heterocycles. The van der Waals surface area contributed by atoms with Gasteiger partial charge in [-0.2, -0.15) is 5.10 Å². The van der Waals surface area contributed by atoms with E-state index in [1.807, 2.05) is 25.0 Å². The molecule has 118 valence electrons. The van der Waals surface area contributed by atoms with Gasteiger partial charge >= 0.3 is 0 Å². The van der Waals surface area contributed by atoms with Gasteiger partial charge in [-0.25, -0.2) is 0 Å². The molecule has 0 aliphatic carbocycles. The van der Waals surface area contributed by atoms with Gasteiger partial charge in [0.2, 0.25) is 0 Å². The van der Waals surface area contributed by atoms with Crippen LogP contribution in [0.5, 0.6) is 0 Å². The highest BCUT2D eigenvalue weighted by atomic mass is 16.5. The van der Waals surface area contributed by atoms with Gasteiger partial charge in [0.15, 0.2) is 5.82 Å². The van der Waals surface area contributed by atoms with Crippen molar-refractivity contribution in [1.29, 1.82) is 0 Å². The average molecular weight is 296 g/mol. The van der Waals surface area contributed by atoms with Gasteiger partial charge in [0.05, 0.1) is 19.8 Å². The molecule has 2 heterocycles. The van der Waals surface area contributed by atoms with Crippen molar-refractivity contribution in [1.82, 2.24) is 14.7 Å². The van der Waals surface area contributed by atoms with E-state index in [4.69, 9.17) is 9.47 Å². The summed E-state index contributed by atoms with van der Waals surface area (Å²) in [6.07, 6.45) is 2.87. The van der Waals surface area contributed by atoms with Crippen LogP contribution in [0.25, 0.3) is 0 Å². The molecule has 0 bridgehead atoms. The molecular weight excluding hydrogens is 272 g/mol. The maximum absolute atomic E-state index is 11.7. The third-order valence-electron chi connectivity index (χ3n) is 3.30. The van der Waals surface area contributed by atoms with E-state index in [9.17, 15) is 4.79 Å². The minimum Gasteiger partial charge on any atom is -0.381 e. The first-order chi connectivity index (χ1) is 10.1. The third kappa shape index (κ3) is 5.82. The van der Waals surface area contributed by atoms with Crippen molar-refractivity contribution in [3.63, 3.8) is 0 Å². The second-order valence-corrected chi connectivity index (χ2v) is 5.56. The standard InChI is InChI=1S/C14H24N4O3/c1-17(2)6-7-18-5-3-13(16-18)15-14(19)11-21-10-12-4-8-20-9-12/h3,5,12H,4,6-11H2,1-2H3,(H,15,16,19). The van der Waals surface area contributed by atoms with Crippen molar-refractivity contribution >= 4 is 11.7 Å². The number of hydrogen-bond acceptors (Lipinski definition) is 5. The molecule has 2 rings (SSSR count). The van der Waals surface area contributed by atoms with Gasteiger partial charge in [0.1, 0.15) is 6.61 Å². The van der Waals surface area contributed by atoms with E-state index in [1.165, 1.54) is 0 Å². The highest BCUT2D eigenvalue weighted by molar-refractivity contribution is 5.90. The smallest absolute Gasteiger partial charge is 0.251 e. The van der Waals surface area contributed by atoms with Crippen molar-refractivity contribution in [2.45, 2.75) is 13.0 Å². The minimum atomic E-state index is -0.174. The summed E-state index contributed by atoms with van der Waals surface area (Å²) in [5.41, 5.74) is 0. The second kappa shape index (κ2) is 8.11. The number of likely N-dealkylation sites (N-methyl/N-ethyl adjacent to an activating group) is 1. The Morgan fingerprint density at radius 1 is 1.62 bits per heavy atom. The topological polar surface area (TPSA) is 68.6 Å². The van der Waals surface area contributed by atoms with Crippen LogP contribution in [0.3, 0.4) is 0 Å². The predicted molar refractivity (Wildman–Crippen MR) is 79.2 cm³/mol. The molecule has 21 heavy (non-hydrogen) atoms. The molecule has 0 aromatic carbocycles. The number of nitrogens with one attached hydrogen (secondary N) is 1. The zero-order valence-corrected chi connectivity index (χ0v) is 12.7. The van der Waals surface area contributed by atoms with E-state index in [0.717, 1.165) is 32.7 Å². The molecule has 7 heteroatoms. The molecule has 1 aliphatic rings. The molecule has 1 N–H and O–H groups in total. The van der Waals surface area contributed by atoms with Gasteiger partial charge in [-0.3, -0.25) is 9.48 Å². The van der Waals surface area contributed by atoms with Gasteiger partial charge in [-0.15, -0.1) is 0 Å². The predicted octanol–water partition coefficient (Wildman–Crippen LogP) is 0.436. The lowest BCUT2D eigenvalue weighted by Crippen LogP contribution is -2.22. The Morgan fingerprint density at radius 3 is 3.19 bits per heavy atom. The van der Waals surface area contributed by atoms with Crippen LogP contribution in [0.4, 0.5) is 5.82 Å². The van der Waals surface area contributed by atoms with Crippen molar-refractivity contribution in [2.24, 2.45) is 5.92 Å². The van der Waals surface area contributed by atoms with E-state index in [1.54, 1.807) is 6.07 Å². The Bertz CT molecular complexity index is 441. The number of hydrogen-bond donors (Lipinski definition) is 1. The maximum Gasteiger partial charge on any atom is 0.251 e. The summed E-state index contributed by atoms with van der Waals surface area (Å²) in [7, 11) is 4.03. The van der Waals surface area contributed by atoms with E-state index in [2.05, 4.69) is 15.3 Å². The molecule has 1 aliphatic heterocycles. The monoisotopic (exact) mass is 296 g/mol. The number of ether oxygens (including phenoxy) is 2. The fraction of sp³-hybridized carbons (Fsp3) is 0.714. The van der Waals surface area contributed by atoms with Gasteiger partial charge in [-0.05, 0) is 20.5 Å². The number of anilines is 1. The highest BCUT2D eigenvalue weighted by Crippen LogP contribution is 2.12. The molecule has 1 fully saturated rings. The molecule has 0 saturated carbocycles. The Morgan fingerprint density at radius 2 is 2.48 bits per heavy atom. The van der Waals surface area contributed by atoms with E-state index in [-0.39, 0.29) is 12.5 Å². The Hall–Kier alpha value is -1.44. The summed E-state index contributed by atoms with van der Waals surface area (Å²) in [5, 5.41) is 7.02. The minimum absolute atomic E-state index is 0.0566. The number of rotatable bonds is 8. The molecular formula is C14H24N4O3. The van der Waals surface area contributed by atoms with Crippen LogP contribution in [-0.4, -0.2) is 67.7 Å². The van der Waals surface area contributed by atoms with Gasteiger partial charge in [0.25, 0.3) is 5.91 Å². The molecule has 0 radical (unpaired) electrons. The van der Waals surface area contributed by atoms with Crippen molar-refractivity contribution < 1.29 is 14.3 Å². The summed E-state index contributed by atoms with van der Waals surface area (Å²) in [5.74, 6) is 0.807. The van der Waals surface area contributed by atoms with Crippen molar-refractivity contribution in [3.8, 4) is 0 Å². The van der Waals surface area contributed by atoms with Crippen LogP contribution in [0.2, 0.25) is 0 Å². The van der Waals surface area contributed by atoms with Crippen LogP contribution in [0, 0.1) is 5.92 Å². The molecule has 0 spiro atoms. The van der Waals surface area contributed by atoms with Crippen molar-refractivity contribution in [2.75, 3.05) is 52.4 Å². The summed E-state index contributed by atoms with van der Waals surface area (Å²) in [6.45, 7) is 3.86. The van der Waals surface area contributed by atoms with Crippen LogP contribution < -0.4 is 5.32 Å². The zero-order valence-electron chi connectivity index (χ0n) is 12.7. The lowest BCUT2D eigenvalue weighted by Gasteiger charge is -2.09. The Kier molecular flexibility index (Phi) is 6.16. The number of amides is 1. The molecule has 7 nitrogen and oxygen atoms in total. The molecule has 1 saturated heterocycles. The first-order valence-corrected chi connectivity index (χ1v) is 7.27. The van der Waals surface area contributed by atoms with Crippen LogP contribution in [-0.2, 0) is 20.8 Å². The Balaban J connectivity index is 1.64. The van der Waals surface area contributed by atoms with E-state index < -0.39 is 0 Å². The SMILES string of the molecule is CN(C)CCn1ccc(NC(=O)COCC2CCOC2)n1. The van der Waals surface area contributed by atoms with E-state index in [0.29, 0.717) is 18.3 Å². The first-order valence-electron chi connectivity index (χ1n) is 7.27. The molecule has 1 aromatic rings. The fourth-order valence-corrected chi connectivity index (χ4v) is 2.07. The summed E-state index contributed by atoms with van der Waals surface area (Å²) < 4.78 is 12.5. The highest BCUT2D eigenvalue weighted by Gasteiger charge is 2.16. The number of carbonyl (C=O) groups is 1. The average Bonchev–Trinajstić information content (AvgIpc) is 3.08. The van der Waals surface area contributed by atoms with Crippen LogP contribution in [0.1, 0.15) is 6.42 Å². The number of nitrogens with zero attached hydrogens (tertiary/aromatic N) is 3. The third-order valence-corrected chi connectivity index (χ3v) is 3.30. The lowest BCUT2D eigenvalue weighted by molar-refractivity contribution is -0.121. The first kappa shape index (κ1) is 15.9. The van der Waals surface area contributed by atoms with Crippen LogP contribution in [0.15, 0.2) is 12.3 Å². The molecule has 1 atom stereocenters. The Labute approximate surface area is 125 Å². The normalized spacial score (nSPS) is 18.3.